The second-order valence-electron chi connectivity index (χ2n) is 11.2. The number of nitrogens with one attached hydrogen (secondary N) is 3. The van der Waals surface area contributed by atoms with Gasteiger partial charge in [0.15, 0.2) is 0 Å². The SMILES string of the molecule is CC(C)(C)C(=O)O.COc1cc2ncnc(Nc3ccc(OCc4cccc(F)c4)c(Cl)c3)c2cc1NC1CCNCC1. The summed E-state index contributed by atoms with van der Waals surface area (Å²) < 4.78 is 24.8. The molecular formula is C32H37ClFN5O4. The van der Waals surface area contributed by atoms with Gasteiger partial charge < -0.3 is 30.5 Å². The maximum absolute atomic E-state index is 13.4. The molecule has 11 heteroatoms. The van der Waals surface area contributed by atoms with Crippen molar-refractivity contribution in [3.63, 3.8) is 0 Å². The number of rotatable bonds is 8. The number of carbonyl (C=O) groups is 1. The number of hydrogen-bond donors (Lipinski definition) is 4. The minimum Gasteiger partial charge on any atom is -0.495 e. The zero-order valence-corrected chi connectivity index (χ0v) is 25.5. The fourth-order valence-corrected chi connectivity index (χ4v) is 4.51. The maximum Gasteiger partial charge on any atom is 0.308 e. The van der Waals surface area contributed by atoms with Gasteiger partial charge in [0.2, 0.25) is 0 Å². The molecule has 1 saturated heterocycles. The van der Waals surface area contributed by atoms with Crippen LogP contribution < -0.4 is 25.4 Å². The Kier molecular flexibility index (Phi) is 10.6. The van der Waals surface area contributed by atoms with Gasteiger partial charge in [-0.25, -0.2) is 14.4 Å². The van der Waals surface area contributed by atoms with E-state index in [0.717, 1.165) is 59.5 Å². The number of carboxylic acids is 1. The largest absolute Gasteiger partial charge is 0.495 e. The number of benzene rings is 3. The molecule has 0 atom stereocenters. The zero-order chi connectivity index (χ0) is 31.0. The third kappa shape index (κ3) is 8.92. The summed E-state index contributed by atoms with van der Waals surface area (Å²) in [6, 6.07) is 16.0. The third-order valence-electron chi connectivity index (χ3n) is 6.77. The fourth-order valence-electron chi connectivity index (χ4n) is 4.27. The zero-order valence-electron chi connectivity index (χ0n) is 24.7. The molecule has 4 aromatic rings. The van der Waals surface area contributed by atoms with Crippen LogP contribution in [0, 0.1) is 11.2 Å². The highest BCUT2D eigenvalue weighted by atomic mass is 35.5. The van der Waals surface area contributed by atoms with Crippen molar-refractivity contribution in [3.8, 4) is 11.5 Å². The van der Waals surface area contributed by atoms with Crippen molar-refractivity contribution in [2.45, 2.75) is 46.3 Å². The third-order valence-corrected chi connectivity index (χ3v) is 7.07. The van der Waals surface area contributed by atoms with Gasteiger partial charge >= 0.3 is 5.97 Å². The Bertz CT molecular complexity index is 1560. The molecule has 0 spiro atoms. The number of nitrogens with zero attached hydrogens (tertiary/aromatic N) is 2. The molecule has 0 bridgehead atoms. The van der Waals surface area contributed by atoms with Gasteiger partial charge in [-0.15, -0.1) is 0 Å². The molecule has 0 radical (unpaired) electrons. The van der Waals surface area contributed by atoms with E-state index in [4.69, 9.17) is 26.2 Å². The molecule has 3 aromatic carbocycles. The first kappa shape index (κ1) is 31.8. The van der Waals surface area contributed by atoms with Crippen LogP contribution in [0.4, 0.5) is 21.6 Å². The van der Waals surface area contributed by atoms with Crippen molar-refractivity contribution < 1.29 is 23.8 Å². The van der Waals surface area contributed by atoms with E-state index in [2.05, 4.69) is 25.9 Å². The summed E-state index contributed by atoms with van der Waals surface area (Å²) in [6.07, 6.45) is 3.61. The number of aliphatic carboxylic acids is 1. The molecule has 5 rings (SSSR count). The molecule has 0 amide bonds. The van der Waals surface area contributed by atoms with Gasteiger partial charge in [-0.3, -0.25) is 4.79 Å². The number of fused-ring (bicyclic) bond motifs is 1. The normalized spacial score (nSPS) is 13.5. The molecule has 9 nitrogen and oxygen atoms in total. The van der Waals surface area contributed by atoms with Crippen LogP contribution in [0.2, 0.25) is 5.02 Å². The predicted molar refractivity (Wildman–Crippen MR) is 168 cm³/mol. The lowest BCUT2D eigenvalue weighted by atomic mass is 9.98. The first-order chi connectivity index (χ1) is 20.5. The number of ether oxygens (including phenoxy) is 2. The second-order valence-corrected chi connectivity index (χ2v) is 11.6. The van der Waals surface area contributed by atoms with Gasteiger partial charge in [-0.05, 0) is 88.7 Å². The molecule has 4 N–H and O–H groups in total. The smallest absolute Gasteiger partial charge is 0.308 e. The summed E-state index contributed by atoms with van der Waals surface area (Å²) in [5.41, 5.74) is 2.57. The molecule has 0 aliphatic carbocycles. The topological polar surface area (TPSA) is 118 Å². The molecule has 1 aliphatic rings. The van der Waals surface area contributed by atoms with E-state index in [1.165, 1.54) is 18.5 Å². The number of methoxy groups -OCH3 is 1. The van der Waals surface area contributed by atoms with Crippen molar-refractivity contribution in [2.75, 3.05) is 30.8 Å². The lowest BCUT2D eigenvalue weighted by Crippen LogP contribution is -2.35. The Morgan fingerprint density at radius 2 is 1.84 bits per heavy atom. The molecule has 0 unspecified atom stereocenters. The van der Waals surface area contributed by atoms with Crippen LogP contribution in [0.25, 0.3) is 10.9 Å². The van der Waals surface area contributed by atoms with Crippen LogP contribution in [0.15, 0.2) is 60.9 Å². The number of anilines is 3. The first-order valence-electron chi connectivity index (χ1n) is 14.0. The highest BCUT2D eigenvalue weighted by Crippen LogP contribution is 2.35. The molecular weight excluding hydrogens is 573 g/mol. The minimum absolute atomic E-state index is 0.218. The summed E-state index contributed by atoms with van der Waals surface area (Å²) in [4.78, 5) is 18.9. The van der Waals surface area contributed by atoms with Crippen molar-refractivity contribution in [3.05, 3.63) is 77.3 Å². The lowest BCUT2D eigenvalue weighted by molar-refractivity contribution is -0.145. The van der Waals surface area contributed by atoms with Gasteiger partial charge in [0.1, 0.15) is 36.1 Å². The van der Waals surface area contributed by atoms with Crippen LogP contribution in [0.3, 0.4) is 0 Å². The quantitative estimate of drug-likeness (QED) is 0.167. The van der Waals surface area contributed by atoms with Crippen LogP contribution in [0.1, 0.15) is 39.2 Å². The number of hydrogen-bond acceptors (Lipinski definition) is 8. The van der Waals surface area contributed by atoms with Crippen molar-refractivity contribution in [1.29, 1.82) is 0 Å². The molecule has 1 fully saturated rings. The van der Waals surface area contributed by atoms with Crippen molar-refractivity contribution >= 4 is 45.7 Å². The molecule has 1 aromatic heterocycles. The van der Waals surface area contributed by atoms with E-state index in [1.54, 1.807) is 52.1 Å². The number of carboxylic acid groups (broad SMARTS) is 1. The van der Waals surface area contributed by atoms with E-state index < -0.39 is 11.4 Å². The van der Waals surface area contributed by atoms with E-state index in [9.17, 15) is 9.18 Å². The van der Waals surface area contributed by atoms with E-state index in [1.807, 2.05) is 18.2 Å². The second kappa shape index (κ2) is 14.3. The Hall–Kier alpha value is -4.15. The highest BCUT2D eigenvalue weighted by Gasteiger charge is 2.19. The fraction of sp³-hybridized carbons (Fsp3) is 0.344. The Balaban J connectivity index is 0.000000541. The summed E-state index contributed by atoms with van der Waals surface area (Å²) in [5, 5.41) is 19.9. The Labute approximate surface area is 255 Å². The van der Waals surface area contributed by atoms with E-state index in [0.29, 0.717) is 22.6 Å². The standard InChI is InChI=1S/C27H27ClFN5O2.C5H10O2/c1-35-26-14-23-21(13-24(26)33-19-7-9-30-10-8-19)27(32-16-31-23)34-20-5-6-25(22(28)12-20)36-15-17-3-2-4-18(29)11-17;1-5(2,3)4(6)7/h2-6,11-14,16,19,30,33H,7-10,15H2,1H3,(H,31,32,34);1-3H3,(H,6,7). The molecule has 43 heavy (non-hydrogen) atoms. The summed E-state index contributed by atoms with van der Waals surface area (Å²) in [5.74, 6) is 0.851. The van der Waals surface area contributed by atoms with Gasteiger partial charge in [0.05, 0.1) is 28.8 Å². The minimum atomic E-state index is -0.757. The van der Waals surface area contributed by atoms with E-state index >= 15 is 0 Å². The Morgan fingerprint density at radius 1 is 1.09 bits per heavy atom. The van der Waals surface area contributed by atoms with Gasteiger partial charge in [-0.1, -0.05) is 23.7 Å². The summed E-state index contributed by atoms with van der Waals surface area (Å²) in [7, 11) is 1.66. The first-order valence-corrected chi connectivity index (χ1v) is 14.4. The summed E-state index contributed by atoms with van der Waals surface area (Å²) >= 11 is 6.48. The van der Waals surface area contributed by atoms with Crippen LogP contribution in [-0.2, 0) is 11.4 Å². The molecule has 0 saturated carbocycles. The maximum atomic E-state index is 13.4. The van der Waals surface area contributed by atoms with Crippen LogP contribution in [-0.4, -0.2) is 47.3 Å². The predicted octanol–water partition coefficient (Wildman–Crippen LogP) is 7.03. The molecule has 228 valence electrons. The van der Waals surface area contributed by atoms with Crippen molar-refractivity contribution in [2.24, 2.45) is 5.41 Å². The molecule has 1 aliphatic heterocycles. The van der Waals surface area contributed by atoms with Crippen molar-refractivity contribution in [1.82, 2.24) is 15.3 Å². The number of aromatic nitrogens is 2. The van der Waals surface area contributed by atoms with Crippen LogP contribution in [0.5, 0.6) is 11.5 Å². The van der Waals surface area contributed by atoms with Gasteiger partial charge in [0, 0.05) is 23.2 Å². The highest BCUT2D eigenvalue weighted by molar-refractivity contribution is 6.32. The average Bonchev–Trinajstić information content (AvgIpc) is 2.97. The lowest BCUT2D eigenvalue weighted by Gasteiger charge is -2.25. The molecule has 2 heterocycles. The number of halogens is 2. The van der Waals surface area contributed by atoms with Crippen LogP contribution >= 0.6 is 11.6 Å². The summed E-state index contributed by atoms with van der Waals surface area (Å²) in [6.45, 7) is 7.19. The van der Waals surface area contributed by atoms with Gasteiger partial charge in [-0.2, -0.15) is 0 Å². The van der Waals surface area contributed by atoms with Gasteiger partial charge in [0.25, 0.3) is 0 Å². The Morgan fingerprint density at radius 3 is 2.49 bits per heavy atom. The van der Waals surface area contributed by atoms with E-state index in [-0.39, 0.29) is 12.4 Å². The number of piperidine rings is 1. The monoisotopic (exact) mass is 609 g/mol. The average molecular weight is 610 g/mol.